The molecule has 0 fully saturated rings. The van der Waals surface area contributed by atoms with E-state index < -0.39 is 11.9 Å². The Morgan fingerprint density at radius 1 is 0.719 bits per heavy atom. The van der Waals surface area contributed by atoms with Crippen LogP contribution in [0.4, 0.5) is 11.4 Å². The number of benzene rings is 2. The van der Waals surface area contributed by atoms with E-state index in [1.54, 1.807) is 24.3 Å². The number of ether oxygens (including phenoxy) is 3. The van der Waals surface area contributed by atoms with Crippen LogP contribution >= 0.6 is 0 Å². The van der Waals surface area contributed by atoms with Crippen molar-refractivity contribution in [2.24, 2.45) is 0 Å². The van der Waals surface area contributed by atoms with E-state index >= 15 is 0 Å². The minimum Gasteiger partial charge on any atom is -0.494 e. The first kappa shape index (κ1) is 22.3. The van der Waals surface area contributed by atoms with Gasteiger partial charge in [-0.15, -0.1) is 0 Å². The van der Waals surface area contributed by atoms with Gasteiger partial charge in [-0.1, -0.05) is 24.3 Å². The maximum Gasteiger partial charge on any atom is 0.356 e. The van der Waals surface area contributed by atoms with Crippen LogP contribution in [-0.4, -0.2) is 44.1 Å². The molecule has 0 aliphatic rings. The SMILES string of the molecule is COC(=O)c1cccc(C(=O)Nc2cc(OC)c(NC(=O)c3ccccc3)cc2OC)n1. The number of anilines is 2. The van der Waals surface area contributed by atoms with Crippen LogP contribution in [0.15, 0.2) is 60.7 Å². The van der Waals surface area contributed by atoms with Crippen LogP contribution < -0.4 is 20.1 Å². The number of amides is 2. The highest BCUT2D eigenvalue weighted by Gasteiger charge is 2.18. The normalized spacial score (nSPS) is 10.1. The van der Waals surface area contributed by atoms with Crippen LogP contribution in [0.2, 0.25) is 0 Å². The van der Waals surface area contributed by atoms with Gasteiger partial charge in [-0.05, 0) is 24.3 Å². The second-order valence-corrected chi connectivity index (χ2v) is 6.43. The van der Waals surface area contributed by atoms with E-state index in [1.165, 1.54) is 51.7 Å². The molecule has 0 saturated heterocycles. The number of carbonyl (C=O) groups excluding carboxylic acids is 3. The summed E-state index contributed by atoms with van der Waals surface area (Å²) < 4.78 is 15.4. The first-order chi connectivity index (χ1) is 15.5. The Kier molecular flexibility index (Phi) is 7.02. The van der Waals surface area contributed by atoms with Gasteiger partial charge in [-0.2, -0.15) is 0 Å². The summed E-state index contributed by atoms with van der Waals surface area (Å²) in [5, 5.41) is 5.45. The quantitative estimate of drug-likeness (QED) is 0.547. The van der Waals surface area contributed by atoms with Crippen LogP contribution in [0, 0.1) is 0 Å². The molecule has 2 aromatic carbocycles. The van der Waals surface area contributed by atoms with Crippen molar-refractivity contribution < 1.29 is 28.6 Å². The minimum atomic E-state index is -0.655. The maximum absolute atomic E-state index is 12.7. The molecule has 0 atom stereocenters. The van der Waals surface area contributed by atoms with Gasteiger partial charge in [0.2, 0.25) is 0 Å². The number of carbonyl (C=O) groups is 3. The van der Waals surface area contributed by atoms with Crippen molar-refractivity contribution >= 4 is 29.2 Å². The van der Waals surface area contributed by atoms with E-state index in [2.05, 4.69) is 20.4 Å². The van der Waals surface area contributed by atoms with Crippen LogP contribution in [0.5, 0.6) is 11.5 Å². The second kappa shape index (κ2) is 10.1. The van der Waals surface area contributed by atoms with Crippen molar-refractivity contribution in [3.05, 3.63) is 77.6 Å². The Hall–Kier alpha value is -4.40. The lowest BCUT2D eigenvalue weighted by atomic mass is 10.2. The molecule has 0 spiro atoms. The molecule has 9 nitrogen and oxygen atoms in total. The number of rotatable bonds is 7. The maximum atomic E-state index is 12.7. The summed E-state index contributed by atoms with van der Waals surface area (Å²) in [5.41, 5.74) is 1.14. The molecule has 0 bridgehead atoms. The van der Waals surface area contributed by atoms with Crippen LogP contribution in [-0.2, 0) is 4.74 Å². The van der Waals surface area contributed by atoms with Crippen LogP contribution in [0.1, 0.15) is 31.3 Å². The fourth-order valence-electron chi connectivity index (χ4n) is 2.84. The number of methoxy groups -OCH3 is 3. The van der Waals surface area contributed by atoms with Crippen molar-refractivity contribution in [1.82, 2.24) is 4.98 Å². The molecule has 1 heterocycles. The highest BCUT2D eigenvalue weighted by Crippen LogP contribution is 2.36. The van der Waals surface area contributed by atoms with Crippen LogP contribution in [0.25, 0.3) is 0 Å². The molecular weight excluding hydrogens is 414 g/mol. The fraction of sp³-hybridized carbons (Fsp3) is 0.130. The first-order valence-corrected chi connectivity index (χ1v) is 9.46. The van der Waals surface area contributed by atoms with Gasteiger partial charge >= 0.3 is 5.97 Å². The molecule has 1 aromatic heterocycles. The molecule has 9 heteroatoms. The van der Waals surface area contributed by atoms with Gasteiger partial charge in [0.15, 0.2) is 0 Å². The van der Waals surface area contributed by atoms with Gasteiger partial charge < -0.3 is 24.8 Å². The highest BCUT2D eigenvalue weighted by molar-refractivity contribution is 6.07. The van der Waals surface area contributed by atoms with Gasteiger partial charge in [0, 0.05) is 17.7 Å². The molecule has 2 N–H and O–H groups in total. The number of esters is 1. The predicted molar refractivity (Wildman–Crippen MR) is 117 cm³/mol. The van der Waals surface area contributed by atoms with E-state index in [0.29, 0.717) is 17.0 Å². The smallest absolute Gasteiger partial charge is 0.356 e. The molecule has 0 unspecified atom stereocenters. The third-order valence-corrected chi connectivity index (χ3v) is 4.43. The van der Waals surface area contributed by atoms with Crippen LogP contribution in [0.3, 0.4) is 0 Å². The Labute approximate surface area is 184 Å². The fourth-order valence-corrected chi connectivity index (χ4v) is 2.84. The topological polar surface area (TPSA) is 116 Å². The summed E-state index contributed by atoms with van der Waals surface area (Å²) in [6.45, 7) is 0. The van der Waals surface area contributed by atoms with E-state index in [-0.39, 0.29) is 28.7 Å². The molecule has 164 valence electrons. The van der Waals surface area contributed by atoms with Gasteiger partial charge in [-0.3, -0.25) is 9.59 Å². The van der Waals surface area contributed by atoms with E-state index in [9.17, 15) is 14.4 Å². The average molecular weight is 435 g/mol. The number of aromatic nitrogens is 1. The summed E-state index contributed by atoms with van der Waals surface area (Å²) in [4.78, 5) is 40.9. The van der Waals surface area contributed by atoms with E-state index in [4.69, 9.17) is 9.47 Å². The van der Waals surface area contributed by atoms with E-state index in [0.717, 1.165) is 0 Å². The monoisotopic (exact) mass is 435 g/mol. The number of hydrogen-bond donors (Lipinski definition) is 2. The second-order valence-electron chi connectivity index (χ2n) is 6.43. The molecule has 0 saturated carbocycles. The zero-order valence-electron chi connectivity index (χ0n) is 17.7. The van der Waals surface area contributed by atoms with Gasteiger partial charge in [0.1, 0.15) is 22.9 Å². The average Bonchev–Trinajstić information content (AvgIpc) is 2.84. The van der Waals surface area contributed by atoms with Crippen molar-refractivity contribution in [3.8, 4) is 11.5 Å². The Bertz CT molecular complexity index is 1150. The number of nitrogens with one attached hydrogen (secondary N) is 2. The number of nitrogens with zero attached hydrogens (tertiary/aromatic N) is 1. The number of hydrogen-bond acceptors (Lipinski definition) is 7. The molecular formula is C23H21N3O6. The van der Waals surface area contributed by atoms with Crippen molar-refractivity contribution in [1.29, 1.82) is 0 Å². The Morgan fingerprint density at radius 3 is 1.84 bits per heavy atom. The van der Waals surface area contributed by atoms with E-state index in [1.807, 2.05) is 6.07 Å². The summed E-state index contributed by atoms with van der Waals surface area (Å²) in [7, 11) is 4.09. The van der Waals surface area contributed by atoms with Crippen molar-refractivity contribution in [3.63, 3.8) is 0 Å². The van der Waals surface area contributed by atoms with Gasteiger partial charge in [0.05, 0.1) is 32.7 Å². The summed E-state index contributed by atoms with van der Waals surface area (Å²) in [6, 6.07) is 16.2. The highest BCUT2D eigenvalue weighted by atomic mass is 16.5. The first-order valence-electron chi connectivity index (χ1n) is 9.46. The summed E-state index contributed by atoms with van der Waals surface area (Å²) >= 11 is 0. The molecule has 2 amide bonds. The minimum absolute atomic E-state index is 0.00340. The summed E-state index contributed by atoms with van der Waals surface area (Å²) in [6.07, 6.45) is 0. The van der Waals surface area contributed by atoms with Crippen molar-refractivity contribution in [2.75, 3.05) is 32.0 Å². The molecule has 3 aromatic rings. The molecule has 0 radical (unpaired) electrons. The predicted octanol–water partition coefficient (Wildman–Crippen LogP) is 3.39. The third-order valence-electron chi connectivity index (χ3n) is 4.43. The Balaban J connectivity index is 1.87. The molecule has 32 heavy (non-hydrogen) atoms. The zero-order chi connectivity index (χ0) is 23.1. The lowest BCUT2D eigenvalue weighted by Crippen LogP contribution is -2.17. The van der Waals surface area contributed by atoms with Gasteiger partial charge in [0.25, 0.3) is 11.8 Å². The lowest BCUT2D eigenvalue weighted by Gasteiger charge is -2.16. The third kappa shape index (κ3) is 5.01. The standard InChI is InChI=1S/C23H21N3O6/c1-30-19-13-18(26-22(28)15-10-7-11-16(24-15)23(29)32-3)20(31-2)12-17(19)25-21(27)14-8-5-4-6-9-14/h4-13H,1-3H3,(H,25,27)(H,26,28). The zero-order valence-corrected chi connectivity index (χ0v) is 17.7. The summed E-state index contributed by atoms with van der Waals surface area (Å²) in [5.74, 6) is -0.963. The molecule has 0 aliphatic heterocycles. The Morgan fingerprint density at radius 2 is 1.28 bits per heavy atom. The number of pyridine rings is 1. The molecule has 3 rings (SSSR count). The lowest BCUT2D eigenvalue weighted by molar-refractivity contribution is 0.0593. The molecule has 0 aliphatic carbocycles. The van der Waals surface area contributed by atoms with Gasteiger partial charge in [-0.25, -0.2) is 9.78 Å². The largest absolute Gasteiger partial charge is 0.494 e. The van der Waals surface area contributed by atoms with Crippen molar-refractivity contribution in [2.45, 2.75) is 0 Å².